The minimum atomic E-state index is 0.672. The Morgan fingerprint density at radius 3 is 2.68 bits per heavy atom. The van der Waals surface area contributed by atoms with Gasteiger partial charge in [0.2, 0.25) is 0 Å². The summed E-state index contributed by atoms with van der Waals surface area (Å²) in [6.45, 7) is 2.75. The molecule has 0 amide bonds. The van der Waals surface area contributed by atoms with E-state index in [1.807, 2.05) is 50.4 Å². The first-order chi connectivity index (χ1) is 9.10. The van der Waals surface area contributed by atoms with Gasteiger partial charge in [0, 0.05) is 21.6 Å². The summed E-state index contributed by atoms with van der Waals surface area (Å²) >= 11 is 9.48. The Balaban J connectivity index is 2.36. The summed E-state index contributed by atoms with van der Waals surface area (Å²) in [6.07, 6.45) is 0. The number of nitrogens with one attached hydrogen (secondary N) is 1. The number of hydrogen-bond donors (Lipinski definition) is 1. The van der Waals surface area contributed by atoms with Crippen molar-refractivity contribution in [2.45, 2.75) is 13.5 Å². The fourth-order valence-corrected chi connectivity index (χ4v) is 2.26. The van der Waals surface area contributed by atoms with E-state index >= 15 is 0 Å². The third-order valence-corrected chi connectivity index (χ3v) is 3.49. The molecule has 0 heterocycles. The van der Waals surface area contributed by atoms with E-state index in [-0.39, 0.29) is 0 Å². The van der Waals surface area contributed by atoms with Crippen LogP contribution in [-0.2, 0) is 6.54 Å². The van der Waals surface area contributed by atoms with Gasteiger partial charge in [0.05, 0.1) is 0 Å². The lowest BCUT2D eigenvalue weighted by molar-refractivity contribution is 0.470. The number of rotatable bonds is 4. The highest BCUT2D eigenvalue weighted by molar-refractivity contribution is 9.10. The minimum absolute atomic E-state index is 0.672. The van der Waals surface area contributed by atoms with E-state index in [1.54, 1.807) is 0 Å². The first kappa shape index (κ1) is 14.4. The summed E-state index contributed by atoms with van der Waals surface area (Å²) in [6, 6.07) is 11.7. The lowest BCUT2D eigenvalue weighted by Gasteiger charge is -2.13. The van der Waals surface area contributed by atoms with Gasteiger partial charge in [-0.25, -0.2) is 0 Å². The van der Waals surface area contributed by atoms with Crippen molar-refractivity contribution in [3.8, 4) is 11.5 Å². The summed E-state index contributed by atoms with van der Waals surface area (Å²) in [5.74, 6) is 1.61. The highest BCUT2D eigenvalue weighted by Crippen LogP contribution is 2.32. The monoisotopic (exact) mass is 339 g/mol. The fourth-order valence-electron chi connectivity index (χ4n) is 1.76. The van der Waals surface area contributed by atoms with E-state index in [4.69, 9.17) is 16.3 Å². The second-order valence-corrected chi connectivity index (χ2v) is 5.65. The molecule has 100 valence electrons. The van der Waals surface area contributed by atoms with Crippen LogP contribution < -0.4 is 10.1 Å². The van der Waals surface area contributed by atoms with E-state index in [2.05, 4.69) is 21.2 Å². The van der Waals surface area contributed by atoms with Crippen molar-refractivity contribution in [2.75, 3.05) is 7.05 Å². The highest BCUT2D eigenvalue weighted by Gasteiger charge is 2.08. The number of hydrogen-bond acceptors (Lipinski definition) is 2. The van der Waals surface area contributed by atoms with Crippen molar-refractivity contribution in [1.29, 1.82) is 0 Å². The first-order valence-electron chi connectivity index (χ1n) is 5.97. The Morgan fingerprint density at radius 1 is 1.16 bits per heavy atom. The Kier molecular flexibility index (Phi) is 4.86. The average molecular weight is 341 g/mol. The summed E-state index contributed by atoms with van der Waals surface area (Å²) in [4.78, 5) is 0. The second kappa shape index (κ2) is 6.42. The number of aryl methyl sites for hydroxylation is 1. The quantitative estimate of drug-likeness (QED) is 0.852. The number of ether oxygens (including phenoxy) is 1. The molecule has 2 aromatic rings. The SMILES string of the molecule is CNCc1ccc(Br)cc1Oc1cc(Cl)ccc1C. The van der Waals surface area contributed by atoms with E-state index in [1.165, 1.54) is 0 Å². The molecular weight excluding hydrogens is 326 g/mol. The Hall–Kier alpha value is -1.03. The largest absolute Gasteiger partial charge is 0.457 e. The molecule has 0 unspecified atom stereocenters. The fraction of sp³-hybridized carbons (Fsp3) is 0.200. The van der Waals surface area contributed by atoms with Gasteiger partial charge in [0.25, 0.3) is 0 Å². The van der Waals surface area contributed by atoms with Gasteiger partial charge < -0.3 is 10.1 Å². The van der Waals surface area contributed by atoms with Gasteiger partial charge in [0.15, 0.2) is 0 Å². The zero-order valence-corrected chi connectivity index (χ0v) is 13.2. The minimum Gasteiger partial charge on any atom is -0.457 e. The molecule has 0 aliphatic heterocycles. The van der Waals surface area contributed by atoms with Gasteiger partial charge in [-0.1, -0.05) is 39.7 Å². The lowest BCUT2D eigenvalue weighted by Crippen LogP contribution is -2.06. The Labute approximate surface area is 126 Å². The molecule has 0 bridgehead atoms. The third kappa shape index (κ3) is 3.72. The van der Waals surface area contributed by atoms with Gasteiger partial charge in [0.1, 0.15) is 11.5 Å². The molecule has 2 rings (SSSR count). The zero-order chi connectivity index (χ0) is 13.8. The predicted octanol–water partition coefficient (Wildman–Crippen LogP) is 4.92. The Bertz CT molecular complexity index is 586. The van der Waals surface area contributed by atoms with Gasteiger partial charge in [-0.15, -0.1) is 0 Å². The molecule has 0 saturated carbocycles. The van der Waals surface area contributed by atoms with Crippen LogP contribution in [0.2, 0.25) is 5.02 Å². The van der Waals surface area contributed by atoms with Gasteiger partial charge in [-0.05, 0) is 43.8 Å². The lowest BCUT2D eigenvalue weighted by atomic mass is 10.2. The first-order valence-corrected chi connectivity index (χ1v) is 7.14. The average Bonchev–Trinajstić information content (AvgIpc) is 2.37. The predicted molar refractivity (Wildman–Crippen MR) is 83.2 cm³/mol. The van der Waals surface area contributed by atoms with E-state index in [0.29, 0.717) is 5.02 Å². The molecule has 0 fully saturated rings. The van der Waals surface area contributed by atoms with Crippen LogP contribution >= 0.6 is 27.5 Å². The van der Waals surface area contributed by atoms with Crippen LogP contribution in [0, 0.1) is 6.92 Å². The molecule has 0 spiro atoms. The standard InChI is InChI=1S/C15H15BrClNO/c1-10-3-6-13(17)8-14(10)19-15-7-12(16)5-4-11(15)9-18-2/h3-8,18H,9H2,1-2H3. The Morgan fingerprint density at radius 2 is 1.95 bits per heavy atom. The van der Waals surface area contributed by atoms with Crippen molar-refractivity contribution in [2.24, 2.45) is 0 Å². The molecular formula is C15H15BrClNO. The van der Waals surface area contributed by atoms with Crippen LogP contribution in [0.3, 0.4) is 0 Å². The van der Waals surface area contributed by atoms with Crippen molar-refractivity contribution < 1.29 is 4.74 Å². The zero-order valence-electron chi connectivity index (χ0n) is 10.8. The van der Waals surface area contributed by atoms with Crippen LogP contribution in [-0.4, -0.2) is 7.05 Å². The van der Waals surface area contributed by atoms with Gasteiger partial charge >= 0.3 is 0 Å². The third-order valence-electron chi connectivity index (χ3n) is 2.77. The van der Waals surface area contributed by atoms with Crippen LogP contribution in [0.4, 0.5) is 0 Å². The molecule has 4 heteroatoms. The van der Waals surface area contributed by atoms with Gasteiger partial charge in [-0.3, -0.25) is 0 Å². The molecule has 0 aliphatic rings. The van der Waals surface area contributed by atoms with Crippen LogP contribution in [0.1, 0.15) is 11.1 Å². The van der Waals surface area contributed by atoms with Crippen molar-refractivity contribution >= 4 is 27.5 Å². The maximum absolute atomic E-state index is 6.01. The molecule has 2 nitrogen and oxygen atoms in total. The molecule has 2 aromatic carbocycles. The number of halogens is 2. The summed E-state index contributed by atoms with van der Waals surface area (Å²) < 4.78 is 6.99. The summed E-state index contributed by atoms with van der Waals surface area (Å²) in [5, 5.41) is 3.81. The molecule has 0 radical (unpaired) electrons. The van der Waals surface area contributed by atoms with E-state index < -0.39 is 0 Å². The topological polar surface area (TPSA) is 21.3 Å². The second-order valence-electron chi connectivity index (χ2n) is 4.29. The maximum atomic E-state index is 6.01. The van der Waals surface area contributed by atoms with E-state index in [9.17, 15) is 0 Å². The van der Waals surface area contributed by atoms with Crippen LogP contribution in [0.15, 0.2) is 40.9 Å². The van der Waals surface area contributed by atoms with E-state index in [0.717, 1.165) is 33.6 Å². The normalized spacial score (nSPS) is 10.5. The van der Waals surface area contributed by atoms with Crippen LogP contribution in [0.25, 0.3) is 0 Å². The smallest absolute Gasteiger partial charge is 0.133 e. The van der Waals surface area contributed by atoms with Gasteiger partial charge in [-0.2, -0.15) is 0 Å². The van der Waals surface area contributed by atoms with Crippen molar-refractivity contribution in [1.82, 2.24) is 5.32 Å². The molecule has 1 N–H and O–H groups in total. The molecule has 0 atom stereocenters. The molecule has 0 aliphatic carbocycles. The van der Waals surface area contributed by atoms with Crippen molar-refractivity contribution in [3.05, 3.63) is 57.0 Å². The van der Waals surface area contributed by atoms with Crippen molar-refractivity contribution in [3.63, 3.8) is 0 Å². The van der Waals surface area contributed by atoms with Crippen LogP contribution in [0.5, 0.6) is 11.5 Å². The molecule has 19 heavy (non-hydrogen) atoms. The summed E-state index contributed by atoms with van der Waals surface area (Å²) in [7, 11) is 1.91. The highest BCUT2D eigenvalue weighted by atomic mass is 79.9. The number of benzene rings is 2. The maximum Gasteiger partial charge on any atom is 0.133 e. The molecule has 0 aromatic heterocycles. The summed E-state index contributed by atoms with van der Waals surface area (Å²) in [5.41, 5.74) is 2.16. The molecule has 0 saturated heterocycles.